The smallest absolute Gasteiger partial charge is 0.240 e. The third-order valence-corrected chi connectivity index (χ3v) is 4.28. The summed E-state index contributed by atoms with van der Waals surface area (Å²) in [6.07, 6.45) is 0.208. The van der Waals surface area contributed by atoms with E-state index in [4.69, 9.17) is 0 Å². The number of benzene rings is 1. The molecular weight excluding hydrogens is 262 g/mol. The van der Waals surface area contributed by atoms with Crippen molar-refractivity contribution in [1.29, 1.82) is 0 Å². The second-order valence-corrected chi connectivity index (χ2v) is 7.39. The quantitative estimate of drug-likeness (QED) is 0.901. The fourth-order valence-electron chi connectivity index (χ4n) is 1.58. The van der Waals surface area contributed by atoms with Crippen LogP contribution in [0.5, 0.6) is 0 Å². The van der Waals surface area contributed by atoms with Crippen LogP contribution in [-0.4, -0.2) is 20.7 Å². The highest BCUT2D eigenvalue weighted by molar-refractivity contribution is 7.89. The van der Waals surface area contributed by atoms with Crippen molar-refractivity contribution >= 4 is 15.8 Å². The van der Waals surface area contributed by atoms with Crippen molar-refractivity contribution in [1.82, 2.24) is 4.72 Å². The van der Waals surface area contributed by atoms with Crippen molar-refractivity contribution in [2.24, 2.45) is 0 Å². The minimum absolute atomic E-state index is 0.00957. The Kier molecular flexibility index (Phi) is 4.87. The van der Waals surface area contributed by atoms with E-state index in [1.807, 2.05) is 12.1 Å². The molecule has 5 heteroatoms. The lowest BCUT2D eigenvalue weighted by Crippen LogP contribution is -2.26. The zero-order valence-electron chi connectivity index (χ0n) is 11.9. The molecule has 1 aromatic rings. The normalized spacial score (nSPS) is 12.4. The molecule has 0 aliphatic carbocycles. The highest BCUT2D eigenvalue weighted by atomic mass is 32.2. The summed E-state index contributed by atoms with van der Waals surface area (Å²) in [6.45, 7) is 7.79. The number of nitrogens with one attached hydrogen (secondary N) is 1. The molecule has 1 aromatic carbocycles. The van der Waals surface area contributed by atoms with Crippen LogP contribution in [-0.2, 0) is 20.2 Å². The first-order valence-corrected chi connectivity index (χ1v) is 7.71. The maximum Gasteiger partial charge on any atom is 0.240 e. The van der Waals surface area contributed by atoms with E-state index in [0.29, 0.717) is 0 Å². The minimum Gasteiger partial charge on any atom is -0.300 e. The van der Waals surface area contributed by atoms with Gasteiger partial charge < -0.3 is 0 Å². The van der Waals surface area contributed by atoms with E-state index in [0.717, 1.165) is 5.56 Å². The molecule has 0 unspecified atom stereocenters. The number of rotatable bonds is 5. The Balaban J connectivity index is 2.82. The van der Waals surface area contributed by atoms with E-state index in [1.54, 1.807) is 12.1 Å². The number of Topliss-reactive ketones (excluding diaryl/α,β-unsaturated/α-hetero) is 1. The molecule has 1 N–H and O–H groups in total. The van der Waals surface area contributed by atoms with Crippen LogP contribution in [0.2, 0.25) is 0 Å². The molecule has 0 heterocycles. The number of sulfonamides is 1. The van der Waals surface area contributed by atoms with Crippen molar-refractivity contribution in [3.05, 3.63) is 29.8 Å². The van der Waals surface area contributed by atoms with Crippen molar-refractivity contribution < 1.29 is 13.2 Å². The summed E-state index contributed by atoms with van der Waals surface area (Å²) in [5.74, 6) is -0.0363. The van der Waals surface area contributed by atoms with Crippen LogP contribution in [0.15, 0.2) is 29.2 Å². The van der Waals surface area contributed by atoms with Gasteiger partial charge in [0.1, 0.15) is 5.78 Å². The Bertz CT molecular complexity index is 539. The molecule has 0 atom stereocenters. The molecule has 0 radical (unpaired) electrons. The van der Waals surface area contributed by atoms with Crippen LogP contribution >= 0.6 is 0 Å². The fraction of sp³-hybridized carbons (Fsp3) is 0.500. The van der Waals surface area contributed by atoms with Crippen LogP contribution in [0.3, 0.4) is 0 Å². The Morgan fingerprint density at radius 3 is 2.11 bits per heavy atom. The summed E-state index contributed by atoms with van der Waals surface area (Å²) in [4.78, 5) is 11.0. The third-order valence-electron chi connectivity index (χ3n) is 2.80. The lowest BCUT2D eigenvalue weighted by Gasteiger charge is -2.19. The standard InChI is InChI=1S/C14H21NO3S/c1-11(16)9-10-15-19(17,18)13-7-5-12(6-8-13)14(2,3)4/h5-8,15H,9-10H2,1-4H3. The molecule has 4 nitrogen and oxygen atoms in total. The number of hydrogen-bond acceptors (Lipinski definition) is 3. The largest absolute Gasteiger partial charge is 0.300 e. The van der Waals surface area contributed by atoms with Gasteiger partial charge in [0.05, 0.1) is 4.90 Å². The number of ketones is 1. The molecule has 0 aromatic heterocycles. The van der Waals surface area contributed by atoms with Crippen molar-refractivity contribution in [3.63, 3.8) is 0 Å². The predicted octanol–water partition coefficient (Wildman–Crippen LogP) is 2.24. The monoisotopic (exact) mass is 283 g/mol. The van der Waals surface area contributed by atoms with Gasteiger partial charge in [-0.1, -0.05) is 32.9 Å². The van der Waals surface area contributed by atoms with E-state index in [1.165, 1.54) is 6.92 Å². The van der Waals surface area contributed by atoms with Crippen LogP contribution in [0.25, 0.3) is 0 Å². The van der Waals surface area contributed by atoms with Gasteiger partial charge in [-0.3, -0.25) is 4.79 Å². The number of carbonyl (C=O) groups is 1. The van der Waals surface area contributed by atoms with Crippen LogP contribution in [0, 0.1) is 0 Å². The summed E-state index contributed by atoms with van der Waals surface area (Å²) < 4.78 is 26.3. The van der Waals surface area contributed by atoms with E-state index in [-0.39, 0.29) is 29.1 Å². The minimum atomic E-state index is -3.52. The van der Waals surface area contributed by atoms with Crippen molar-refractivity contribution in [2.45, 2.75) is 44.4 Å². The second kappa shape index (κ2) is 5.84. The van der Waals surface area contributed by atoms with Gasteiger partial charge in [0.25, 0.3) is 0 Å². The number of hydrogen-bond donors (Lipinski definition) is 1. The molecule has 0 aliphatic heterocycles. The first kappa shape index (κ1) is 15.9. The molecule has 0 bridgehead atoms. The molecule has 19 heavy (non-hydrogen) atoms. The molecule has 0 amide bonds. The van der Waals surface area contributed by atoms with E-state index in [9.17, 15) is 13.2 Å². The average molecular weight is 283 g/mol. The van der Waals surface area contributed by atoms with Gasteiger partial charge in [-0.05, 0) is 30.0 Å². The first-order chi connectivity index (χ1) is 8.63. The molecule has 0 aliphatic rings. The molecule has 0 fully saturated rings. The lowest BCUT2D eigenvalue weighted by molar-refractivity contribution is -0.116. The Morgan fingerprint density at radius 1 is 1.16 bits per heavy atom. The molecule has 0 saturated carbocycles. The Labute approximate surface area is 115 Å². The van der Waals surface area contributed by atoms with Gasteiger partial charge in [0.15, 0.2) is 0 Å². The zero-order valence-corrected chi connectivity index (χ0v) is 12.7. The van der Waals surface area contributed by atoms with Gasteiger partial charge in [-0.2, -0.15) is 0 Å². The summed E-state index contributed by atoms with van der Waals surface area (Å²) in [6, 6.07) is 6.83. The SMILES string of the molecule is CC(=O)CCNS(=O)(=O)c1ccc(C(C)(C)C)cc1. The second-order valence-electron chi connectivity index (χ2n) is 5.62. The van der Waals surface area contributed by atoms with Gasteiger partial charge >= 0.3 is 0 Å². The van der Waals surface area contributed by atoms with Gasteiger partial charge in [0, 0.05) is 13.0 Å². The maximum atomic E-state index is 12.0. The number of carbonyl (C=O) groups excluding carboxylic acids is 1. The third kappa shape index (κ3) is 4.76. The van der Waals surface area contributed by atoms with E-state index in [2.05, 4.69) is 25.5 Å². The topological polar surface area (TPSA) is 63.2 Å². The Hall–Kier alpha value is -1.20. The lowest BCUT2D eigenvalue weighted by atomic mass is 9.87. The summed E-state index contributed by atoms with van der Waals surface area (Å²) in [7, 11) is -3.52. The van der Waals surface area contributed by atoms with Gasteiger partial charge in [-0.25, -0.2) is 13.1 Å². The maximum absolute atomic E-state index is 12.0. The van der Waals surface area contributed by atoms with Gasteiger partial charge in [-0.15, -0.1) is 0 Å². The first-order valence-electron chi connectivity index (χ1n) is 6.22. The molecule has 106 valence electrons. The Morgan fingerprint density at radius 2 is 1.68 bits per heavy atom. The van der Waals surface area contributed by atoms with Crippen LogP contribution in [0.4, 0.5) is 0 Å². The van der Waals surface area contributed by atoms with Crippen LogP contribution in [0.1, 0.15) is 39.7 Å². The van der Waals surface area contributed by atoms with E-state index >= 15 is 0 Å². The molecule has 1 rings (SSSR count). The van der Waals surface area contributed by atoms with Crippen molar-refractivity contribution in [3.8, 4) is 0 Å². The molecular formula is C14H21NO3S. The van der Waals surface area contributed by atoms with Crippen molar-refractivity contribution in [2.75, 3.05) is 6.54 Å². The average Bonchev–Trinajstić information content (AvgIpc) is 2.27. The highest BCUT2D eigenvalue weighted by Crippen LogP contribution is 2.23. The highest BCUT2D eigenvalue weighted by Gasteiger charge is 2.17. The van der Waals surface area contributed by atoms with Crippen LogP contribution < -0.4 is 4.72 Å². The summed E-state index contributed by atoms with van der Waals surface area (Å²) >= 11 is 0. The molecule has 0 spiro atoms. The molecule has 0 saturated heterocycles. The predicted molar refractivity (Wildman–Crippen MR) is 75.6 cm³/mol. The summed E-state index contributed by atoms with van der Waals surface area (Å²) in [5.41, 5.74) is 1.07. The van der Waals surface area contributed by atoms with Gasteiger partial charge in [0.2, 0.25) is 10.0 Å². The zero-order chi connectivity index (χ0) is 14.7. The summed E-state index contributed by atoms with van der Waals surface area (Å²) in [5, 5.41) is 0. The fourth-order valence-corrected chi connectivity index (χ4v) is 2.61. The van der Waals surface area contributed by atoms with E-state index < -0.39 is 10.0 Å².